The van der Waals surface area contributed by atoms with Crippen LogP contribution in [0.1, 0.15) is 37.2 Å². The number of benzene rings is 1. The Kier molecular flexibility index (Phi) is 2.43. The van der Waals surface area contributed by atoms with Gasteiger partial charge in [-0.25, -0.2) is 0 Å². The Morgan fingerprint density at radius 2 is 2.12 bits per heavy atom. The number of hydrogen-bond donors (Lipinski definition) is 0. The van der Waals surface area contributed by atoms with Crippen molar-refractivity contribution in [2.45, 2.75) is 31.6 Å². The molecular weight excluding hydrogens is 200 g/mol. The number of rotatable bonds is 3. The molecule has 0 aromatic heterocycles. The second kappa shape index (κ2) is 3.93. The molecule has 1 aromatic carbocycles. The van der Waals surface area contributed by atoms with Gasteiger partial charge in [-0.3, -0.25) is 4.79 Å². The minimum atomic E-state index is -0.00296. The van der Waals surface area contributed by atoms with Gasteiger partial charge in [0, 0.05) is 12.0 Å². The minimum Gasteiger partial charge on any atom is -0.492 e. The molecule has 84 valence electrons. The molecule has 0 spiro atoms. The van der Waals surface area contributed by atoms with E-state index in [1.54, 1.807) is 0 Å². The first-order valence-corrected chi connectivity index (χ1v) is 6.09. The maximum absolute atomic E-state index is 12.1. The van der Waals surface area contributed by atoms with Gasteiger partial charge in [0.05, 0.1) is 5.92 Å². The number of carbonyl (C=O) groups excluding carboxylic acids is 1. The smallest absolute Gasteiger partial charge is 0.144 e. The molecule has 1 atom stereocenters. The van der Waals surface area contributed by atoms with Crippen molar-refractivity contribution in [3.63, 3.8) is 0 Å². The highest BCUT2D eigenvalue weighted by atomic mass is 16.5. The van der Waals surface area contributed by atoms with Crippen molar-refractivity contribution in [3.05, 3.63) is 29.8 Å². The molecule has 1 saturated carbocycles. The van der Waals surface area contributed by atoms with Gasteiger partial charge in [-0.1, -0.05) is 37.5 Å². The summed E-state index contributed by atoms with van der Waals surface area (Å²) in [5, 5.41) is 0. The van der Waals surface area contributed by atoms with Crippen LogP contribution in [-0.4, -0.2) is 12.4 Å². The summed E-state index contributed by atoms with van der Waals surface area (Å²) in [6.07, 6.45) is 4.53. The van der Waals surface area contributed by atoms with E-state index < -0.39 is 0 Å². The Balaban J connectivity index is 1.73. The molecule has 1 heterocycles. The summed E-state index contributed by atoms with van der Waals surface area (Å²) in [4.78, 5) is 12.1. The van der Waals surface area contributed by atoms with Crippen LogP contribution in [0.2, 0.25) is 0 Å². The van der Waals surface area contributed by atoms with Crippen LogP contribution in [0.25, 0.3) is 0 Å². The van der Waals surface area contributed by atoms with Crippen LogP contribution in [0.4, 0.5) is 0 Å². The molecule has 0 amide bonds. The summed E-state index contributed by atoms with van der Waals surface area (Å²) in [6.45, 7) is 0.547. The molecule has 0 saturated heterocycles. The summed E-state index contributed by atoms with van der Waals surface area (Å²) in [6, 6.07) is 7.91. The van der Waals surface area contributed by atoms with Crippen molar-refractivity contribution >= 4 is 5.78 Å². The van der Waals surface area contributed by atoms with Crippen LogP contribution in [-0.2, 0) is 4.79 Å². The lowest BCUT2D eigenvalue weighted by molar-refractivity contribution is -0.122. The van der Waals surface area contributed by atoms with Crippen molar-refractivity contribution in [1.29, 1.82) is 0 Å². The quantitative estimate of drug-likeness (QED) is 0.776. The van der Waals surface area contributed by atoms with Crippen LogP contribution >= 0.6 is 0 Å². The average Bonchev–Trinajstić information content (AvgIpc) is 2.67. The van der Waals surface area contributed by atoms with Crippen molar-refractivity contribution in [1.82, 2.24) is 0 Å². The maximum atomic E-state index is 12.1. The number of para-hydroxylation sites is 1. The molecule has 0 N–H and O–H groups in total. The highest BCUT2D eigenvalue weighted by Gasteiger charge is 2.32. The fourth-order valence-corrected chi connectivity index (χ4v) is 2.55. The van der Waals surface area contributed by atoms with E-state index in [1.165, 1.54) is 19.3 Å². The standard InChI is InChI=1S/C14H16O2/c15-13(8-10-4-3-5-10)12-9-16-14-7-2-1-6-11(12)14/h1-2,6-7,10,12H,3-5,8-9H2. The number of fused-ring (bicyclic) bond motifs is 1. The number of ether oxygens (including phenoxy) is 1. The lowest BCUT2D eigenvalue weighted by atomic mass is 9.79. The van der Waals surface area contributed by atoms with E-state index in [4.69, 9.17) is 4.74 Å². The van der Waals surface area contributed by atoms with E-state index in [1.807, 2.05) is 24.3 Å². The molecular formula is C14H16O2. The predicted octanol–water partition coefficient (Wildman–Crippen LogP) is 2.92. The van der Waals surface area contributed by atoms with Crippen molar-refractivity contribution in [2.24, 2.45) is 5.92 Å². The van der Waals surface area contributed by atoms with Crippen LogP contribution in [0.15, 0.2) is 24.3 Å². The van der Waals surface area contributed by atoms with Gasteiger partial charge < -0.3 is 4.74 Å². The first-order chi connectivity index (χ1) is 7.84. The molecule has 1 unspecified atom stereocenters. The Morgan fingerprint density at radius 3 is 2.88 bits per heavy atom. The van der Waals surface area contributed by atoms with Gasteiger partial charge in [-0.15, -0.1) is 0 Å². The highest BCUT2D eigenvalue weighted by Crippen LogP contribution is 2.37. The summed E-state index contributed by atoms with van der Waals surface area (Å²) >= 11 is 0. The summed E-state index contributed by atoms with van der Waals surface area (Å²) in [7, 11) is 0. The monoisotopic (exact) mass is 216 g/mol. The lowest BCUT2D eigenvalue weighted by Gasteiger charge is -2.25. The molecule has 1 aliphatic carbocycles. The van der Waals surface area contributed by atoms with E-state index in [0.717, 1.165) is 17.7 Å². The number of Topliss-reactive ketones (excluding diaryl/α,β-unsaturated/α-hetero) is 1. The van der Waals surface area contributed by atoms with Gasteiger partial charge in [0.25, 0.3) is 0 Å². The van der Waals surface area contributed by atoms with Crippen LogP contribution in [0, 0.1) is 5.92 Å². The third kappa shape index (κ3) is 1.62. The van der Waals surface area contributed by atoms with Crippen LogP contribution in [0.5, 0.6) is 5.75 Å². The Morgan fingerprint density at radius 1 is 1.31 bits per heavy atom. The van der Waals surface area contributed by atoms with Gasteiger partial charge in [0.2, 0.25) is 0 Å². The van der Waals surface area contributed by atoms with Gasteiger partial charge >= 0.3 is 0 Å². The topological polar surface area (TPSA) is 26.3 Å². The second-order valence-electron chi connectivity index (χ2n) is 4.87. The molecule has 0 bridgehead atoms. The molecule has 1 aliphatic heterocycles. The average molecular weight is 216 g/mol. The van der Waals surface area contributed by atoms with Gasteiger partial charge in [-0.05, 0) is 12.0 Å². The summed E-state index contributed by atoms with van der Waals surface area (Å²) in [5.74, 6) is 1.92. The van der Waals surface area contributed by atoms with Crippen molar-refractivity contribution in [2.75, 3.05) is 6.61 Å². The van der Waals surface area contributed by atoms with Crippen LogP contribution < -0.4 is 4.74 Å². The zero-order chi connectivity index (χ0) is 11.0. The van der Waals surface area contributed by atoms with Gasteiger partial charge in [-0.2, -0.15) is 0 Å². The summed E-state index contributed by atoms with van der Waals surface area (Å²) in [5.41, 5.74) is 1.09. The van der Waals surface area contributed by atoms with E-state index in [9.17, 15) is 4.79 Å². The zero-order valence-electron chi connectivity index (χ0n) is 9.32. The molecule has 1 aromatic rings. The lowest BCUT2D eigenvalue weighted by Crippen LogP contribution is -2.21. The van der Waals surface area contributed by atoms with E-state index in [-0.39, 0.29) is 5.92 Å². The Bertz CT molecular complexity index is 407. The van der Waals surface area contributed by atoms with E-state index in [0.29, 0.717) is 18.3 Å². The van der Waals surface area contributed by atoms with E-state index in [2.05, 4.69) is 0 Å². The third-order valence-electron chi connectivity index (χ3n) is 3.80. The fourth-order valence-electron chi connectivity index (χ4n) is 2.55. The van der Waals surface area contributed by atoms with Gasteiger partial charge in [0.15, 0.2) is 0 Å². The minimum absolute atomic E-state index is 0.00296. The molecule has 16 heavy (non-hydrogen) atoms. The molecule has 0 radical (unpaired) electrons. The van der Waals surface area contributed by atoms with Crippen LogP contribution in [0.3, 0.4) is 0 Å². The predicted molar refractivity (Wildman–Crippen MR) is 61.6 cm³/mol. The second-order valence-corrected chi connectivity index (χ2v) is 4.87. The summed E-state index contributed by atoms with van der Waals surface area (Å²) < 4.78 is 5.54. The first-order valence-electron chi connectivity index (χ1n) is 6.09. The van der Waals surface area contributed by atoms with Crippen molar-refractivity contribution < 1.29 is 9.53 Å². The zero-order valence-corrected chi connectivity index (χ0v) is 9.32. The highest BCUT2D eigenvalue weighted by molar-refractivity contribution is 5.87. The largest absolute Gasteiger partial charge is 0.492 e. The van der Waals surface area contributed by atoms with E-state index >= 15 is 0 Å². The fraction of sp³-hybridized carbons (Fsp3) is 0.500. The molecule has 2 nitrogen and oxygen atoms in total. The number of carbonyl (C=O) groups is 1. The molecule has 2 aliphatic rings. The molecule has 3 rings (SSSR count). The number of hydrogen-bond acceptors (Lipinski definition) is 2. The van der Waals surface area contributed by atoms with Crippen molar-refractivity contribution in [3.8, 4) is 5.75 Å². The maximum Gasteiger partial charge on any atom is 0.144 e. The molecule has 2 heteroatoms. The van der Waals surface area contributed by atoms with Gasteiger partial charge in [0.1, 0.15) is 18.1 Å². The third-order valence-corrected chi connectivity index (χ3v) is 3.80. The normalized spacial score (nSPS) is 23.4. The molecule has 1 fully saturated rings. The SMILES string of the molecule is O=C(CC1CCC1)C1COc2ccccc21. The Hall–Kier alpha value is -1.31. The Labute approximate surface area is 95.6 Å². The first kappa shape index (κ1) is 9.88. The number of ketones is 1.